The van der Waals surface area contributed by atoms with Crippen LogP contribution in [-0.4, -0.2) is 25.1 Å². The molecule has 0 aromatic carbocycles. The molecule has 1 N–H and O–H groups in total. The Hall–Kier alpha value is -1.26. The summed E-state index contributed by atoms with van der Waals surface area (Å²) in [6, 6.07) is 0. The Morgan fingerprint density at radius 2 is 2.64 bits per heavy atom. The van der Waals surface area contributed by atoms with Crippen LogP contribution >= 0.6 is 0 Å². The first kappa shape index (κ1) is 7.84. The van der Waals surface area contributed by atoms with E-state index in [0.29, 0.717) is 12.3 Å². The van der Waals surface area contributed by atoms with E-state index in [1.54, 1.807) is 0 Å². The number of methoxy groups -OCH3 is 1. The van der Waals surface area contributed by atoms with Crippen LogP contribution in [0.25, 0.3) is 0 Å². The lowest BCUT2D eigenvalue weighted by Crippen LogP contribution is -2.29. The van der Waals surface area contributed by atoms with Gasteiger partial charge in [0, 0.05) is 6.42 Å². The minimum Gasteiger partial charge on any atom is -0.453 e. The first-order valence-electron chi connectivity index (χ1n) is 3.30. The van der Waals surface area contributed by atoms with Crippen molar-refractivity contribution >= 4 is 11.9 Å². The summed E-state index contributed by atoms with van der Waals surface area (Å²) in [4.78, 5) is 15.4. The second-order valence-electron chi connectivity index (χ2n) is 2.27. The largest absolute Gasteiger partial charge is 0.453 e. The molecule has 0 saturated heterocycles. The SMILES string of the molecule is COC(=O)NC1=NOC(C)C1. The van der Waals surface area contributed by atoms with Gasteiger partial charge in [0.25, 0.3) is 0 Å². The molecule has 1 aliphatic heterocycles. The fraction of sp³-hybridized carbons (Fsp3) is 0.667. The van der Waals surface area contributed by atoms with E-state index >= 15 is 0 Å². The number of amides is 1. The molecular weight excluding hydrogens is 148 g/mol. The van der Waals surface area contributed by atoms with Gasteiger partial charge in [-0.25, -0.2) is 4.79 Å². The Morgan fingerprint density at radius 3 is 3.09 bits per heavy atom. The van der Waals surface area contributed by atoms with Crippen LogP contribution in [0.2, 0.25) is 0 Å². The standard InChI is InChI=1S/C6H10N2O3/c1-4-3-5(8-11-4)7-6(9)10-2/h4H,3H2,1-2H3,(H,7,8,9). The van der Waals surface area contributed by atoms with Crippen LogP contribution in [-0.2, 0) is 9.57 Å². The van der Waals surface area contributed by atoms with Crippen molar-refractivity contribution in [3.63, 3.8) is 0 Å². The number of alkyl carbamates (subject to hydrolysis) is 1. The highest BCUT2D eigenvalue weighted by Crippen LogP contribution is 2.06. The highest BCUT2D eigenvalue weighted by Gasteiger charge is 2.17. The maximum Gasteiger partial charge on any atom is 0.412 e. The topological polar surface area (TPSA) is 59.9 Å². The number of nitrogens with zero attached hydrogens (tertiary/aromatic N) is 1. The van der Waals surface area contributed by atoms with Gasteiger partial charge in [-0.2, -0.15) is 0 Å². The van der Waals surface area contributed by atoms with E-state index in [1.165, 1.54) is 7.11 Å². The molecule has 0 aromatic heterocycles. The number of hydrogen-bond acceptors (Lipinski definition) is 4. The fourth-order valence-electron chi connectivity index (χ4n) is 0.743. The first-order chi connectivity index (χ1) is 5.22. The van der Waals surface area contributed by atoms with Gasteiger partial charge in [-0.05, 0) is 6.92 Å². The fourth-order valence-corrected chi connectivity index (χ4v) is 0.743. The molecule has 11 heavy (non-hydrogen) atoms. The third-order valence-corrected chi connectivity index (χ3v) is 1.26. The van der Waals surface area contributed by atoms with Crippen molar-refractivity contribution in [3.8, 4) is 0 Å². The minimum absolute atomic E-state index is 0.0437. The van der Waals surface area contributed by atoms with Crippen molar-refractivity contribution in [3.05, 3.63) is 0 Å². The number of oxime groups is 1. The van der Waals surface area contributed by atoms with E-state index in [9.17, 15) is 4.79 Å². The predicted molar refractivity (Wildman–Crippen MR) is 38.1 cm³/mol. The second-order valence-corrected chi connectivity index (χ2v) is 2.27. The zero-order valence-electron chi connectivity index (χ0n) is 6.46. The number of rotatable bonds is 0. The lowest BCUT2D eigenvalue weighted by molar-refractivity contribution is 0.0994. The average molecular weight is 158 g/mol. The normalized spacial score (nSPS) is 22.0. The Morgan fingerprint density at radius 1 is 1.91 bits per heavy atom. The molecule has 1 unspecified atom stereocenters. The first-order valence-corrected chi connectivity index (χ1v) is 3.30. The summed E-state index contributed by atoms with van der Waals surface area (Å²) >= 11 is 0. The zero-order valence-corrected chi connectivity index (χ0v) is 6.46. The summed E-state index contributed by atoms with van der Waals surface area (Å²) in [7, 11) is 1.30. The van der Waals surface area contributed by atoms with Gasteiger partial charge in [-0.3, -0.25) is 5.32 Å². The Labute approximate surface area is 64.3 Å². The average Bonchev–Trinajstić information content (AvgIpc) is 2.35. The smallest absolute Gasteiger partial charge is 0.412 e. The van der Waals surface area contributed by atoms with Crippen molar-refractivity contribution in [2.24, 2.45) is 5.16 Å². The zero-order chi connectivity index (χ0) is 8.27. The molecule has 62 valence electrons. The molecule has 5 heteroatoms. The van der Waals surface area contributed by atoms with Gasteiger partial charge in [-0.15, -0.1) is 0 Å². The van der Waals surface area contributed by atoms with Crippen molar-refractivity contribution in [1.29, 1.82) is 0 Å². The summed E-state index contributed by atoms with van der Waals surface area (Å²) in [6.45, 7) is 1.87. The second kappa shape index (κ2) is 3.23. The molecule has 0 aromatic rings. The molecule has 0 saturated carbocycles. The number of carbonyl (C=O) groups excluding carboxylic acids is 1. The van der Waals surface area contributed by atoms with Crippen LogP contribution in [0.15, 0.2) is 5.16 Å². The van der Waals surface area contributed by atoms with Crippen molar-refractivity contribution in [2.75, 3.05) is 7.11 Å². The highest BCUT2D eigenvalue weighted by molar-refractivity contribution is 5.95. The number of amidine groups is 1. The third kappa shape index (κ3) is 2.10. The highest BCUT2D eigenvalue weighted by atomic mass is 16.6. The van der Waals surface area contributed by atoms with Crippen molar-refractivity contribution in [2.45, 2.75) is 19.4 Å². The molecule has 0 aliphatic carbocycles. The Balaban J connectivity index is 2.33. The maximum atomic E-state index is 10.6. The molecule has 1 amide bonds. The lowest BCUT2D eigenvalue weighted by atomic mass is 10.3. The molecular formula is C6H10N2O3. The summed E-state index contributed by atoms with van der Waals surface area (Å²) in [5.41, 5.74) is 0. The van der Waals surface area contributed by atoms with Gasteiger partial charge in [0.15, 0.2) is 5.84 Å². The molecule has 1 heterocycles. The number of nitrogens with one attached hydrogen (secondary N) is 1. The molecule has 0 radical (unpaired) electrons. The molecule has 0 spiro atoms. The number of ether oxygens (including phenoxy) is 1. The predicted octanol–water partition coefficient (Wildman–Crippen LogP) is 0.465. The molecule has 0 fully saturated rings. The van der Waals surface area contributed by atoms with Gasteiger partial charge < -0.3 is 9.57 Å². The summed E-state index contributed by atoms with van der Waals surface area (Å²) in [6.07, 6.45) is 0.151. The van der Waals surface area contributed by atoms with Gasteiger partial charge in [0.1, 0.15) is 6.10 Å². The Kier molecular flexibility index (Phi) is 2.30. The van der Waals surface area contributed by atoms with E-state index < -0.39 is 6.09 Å². The van der Waals surface area contributed by atoms with Gasteiger partial charge >= 0.3 is 6.09 Å². The summed E-state index contributed by atoms with van der Waals surface area (Å²) in [5, 5.41) is 6.03. The molecule has 5 nitrogen and oxygen atoms in total. The van der Waals surface area contributed by atoms with E-state index in [2.05, 4.69) is 15.2 Å². The monoisotopic (exact) mass is 158 g/mol. The van der Waals surface area contributed by atoms with Crippen LogP contribution in [0.3, 0.4) is 0 Å². The molecule has 0 bridgehead atoms. The van der Waals surface area contributed by atoms with Crippen molar-refractivity contribution in [1.82, 2.24) is 5.32 Å². The minimum atomic E-state index is -0.513. The van der Waals surface area contributed by atoms with Crippen LogP contribution in [0.1, 0.15) is 13.3 Å². The Bertz CT molecular complexity index is 190. The maximum absolute atomic E-state index is 10.6. The van der Waals surface area contributed by atoms with E-state index in [1.807, 2.05) is 6.92 Å². The van der Waals surface area contributed by atoms with Gasteiger partial charge in [-0.1, -0.05) is 5.16 Å². The summed E-state index contributed by atoms with van der Waals surface area (Å²) in [5.74, 6) is 0.518. The van der Waals surface area contributed by atoms with E-state index in [0.717, 1.165) is 0 Å². The number of carbonyl (C=O) groups is 1. The van der Waals surface area contributed by atoms with Crippen LogP contribution < -0.4 is 5.32 Å². The lowest BCUT2D eigenvalue weighted by Gasteiger charge is -1.99. The number of hydrogen-bond donors (Lipinski definition) is 1. The van der Waals surface area contributed by atoms with E-state index in [4.69, 9.17) is 4.84 Å². The van der Waals surface area contributed by atoms with E-state index in [-0.39, 0.29) is 6.10 Å². The molecule has 1 atom stereocenters. The molecule has 1 rings (SSSR count). The molecule has 1 aliphatic rings. The van der Waals surface area contributed by atoms with Crippen molar-refractivity contribution < 1.29 is 14.4 Å². The third-order valence-electron chi connectivity index (χ3n) is 1.26. The van der Waals surface area contributed by atoms with Crippen LogP contribution in [0.4, 0.5) is 4.79 Å². The van der Waals surface area contributed by atoms with Crippen LogP contribution in [0, 0.1) is 0 Å². The quantitative estimate of drug-likeness (QED) is 0.557. The summed E-state index contributed by atoms with van der Waals surface area (Å²) < 4.78 is 4.36. The van der Waals surface area contributed by atoms with Gasteiger partial charge in [0.05, 0.1) is 7.11 Å². The van der Waals surface area contributed by atoms with Crippen LogP contribution in [0.5, 0.6) is 0 Å². The van der Waals surface area contributed by atoms with Gasteiger partial charge in [0.2, 0.25) is 0 Å².